The summed E-state index contributed by atoms with van der Waals surface area (Å²) in [7, 11) is 0. The van der Waals surface area contributed by atoms with E-state index in [0.29, 0.717) is 0 Å². The van der Waals surface area contributed by atoms with E-state index in [9.17, 15) is 0 Å². The van der Waals surface area contributed by atoms with Crippen molar-refractivity contribution in [1.82, 2.24) is 20.5 Å². The quantitative estimate of drug-likeness (QED) is 0.633. The van der Waals surface area contributed by atoms with Crippen molar-refractivity contribution in [2.45, 2.75) is 13.1 Å². The van der Waals surface area contributed by atoms with Gasteiger partial charge in [-0.2, -0.15) is 4.98 Å². The number of anilines is 1. The number of hydrogen-bond acceptors (Lipinski definition) is 4. The van der Waals surface area contributed by atoms with E-state index in [2.05, 4.69) is 32.6 Å². The lowest BCUT2D eigenvalue weighted by Crippen LogP contribution is -1.99. The molecule has 0 spiro atoms. The number of nitrogens with two attached hydrogens (primary N) is 1. The van der Waals surface area contributed by atoms with Crippen LogP contribution in [0.3, 0.4) is 0 Å². The third-order valence-corrected chi connectivity index (χ3v) is 2.61. The molecule has 0 amide bonds. The van der Waals surface area contributed by atoms with Gasteiger partial charge in [-0.1, -0.05) is 12.1 Å². The zero-order valence-corrected chi connectivity index (χ0v) is 8.12. The van der Waals surface area contributed by atoms with Crippen molar-refractivity contribution >= 4 is 5.95 Å². The van der Waals surface area contributed by atoms with Crippen molar-refractivity contribution in [3.8, 4) is 11.4 Å². The Bertz CT molecular complexity index is 502. The molecule has 5 heteroatoms. The van der Waals surface area contributed by atoms with Crippen molar-refractivity contribution in [3.05, 3.63) is 29.3 Å². The predicted molar refractivity (Wildman–Crippen MR) is 56.8 cm³/mol. The van der Waals surface area contributed by atoms with Gasteiger partial charge in [-0.15, -0.1) is 5.10 Å². The summed E-state index contributed by atoms with van der Waals surface area (Å²) >= 11 is 0. The molecule has 0 atom stereocenters. The van der Waals surface area contributed by atoms with Gasteiger partial charge in [0, 0.05) is 18.7 Å². The van der Waals surface area contributed by atoms with E-state index in [1.807, 2.05) is 6.07 Å². The minimum atomic E-state index is 0.281. The lowest BCUT2D eigenvalue weighted by molar-refractivity contribution is 0.765. The standard InChI is InChI=1S/C10H11N5/c11-10-13-9(14-15-10)6-1-2-7-4-12-5-8(7)3-6/h1-3,12H,4-5H2,(H3,11,13,14,15). The van der Waals surface area contributed by atoms with Crippen LogP contribution in [0.2, 0.25) is 0 Å². The fraction of sp³-hybridized carbons (Fsp3) is 0.200. The summed E-state index contributed by atoms with van der Waals surface area (Å²) in [5.74, 6) is 1.01. The van der Waals surface area contributed by atoms with Crippen molar-refractivity contribution < 1.29 is 0 Å². The van der Waals surface area contributed by atoms with Gasteiger partial charge in [0.05, 0.1) is 0 Å². The van der Waals surface area contributed by atoms with Gasteiger partial charge in [0.15, 0.2) is 5.82 Å². The minimum Gasteiger partial charge on any atom is -0.366 e. The second-order valence-corrected chi connectivity index (χ2v) is 3.63. The number of nitrogen functional groups attached to an aromatic ring is 1. The molecule has 0 saturated heterocycles. The van der Waals surface area contributed by atoms with E-state index in [-0.39, 0.29) is 5.95 Å². The number of aromatic amines is 1. The highest BCUT2D eigenvalue weighted by Gasteiger charge is 2.11. The number of aromatic nitrogens is 3. The first-order chi connectivity index (χ1) is 7.33. The van der Waals surface area contributed by atoms with E-state index < -0.39 is 0 Å². The third-order valence-electron chi connectivity index (χ3n) is 2.61. The number of hydrogen-bond donors (Lipinski definition) is 3. The molecular formula is C10H11N5. The molecule has 0 unspecified atom stereocenters. The highest BCUT2D eigenvalue weighted by atomic mass is 15.3. The maximum Gasteiger partial charge on any atom is 0.239 e. The number of rotatable bonds is 1. The summed E-state index contributed by atoms with van der Waals surface area (Å²) < 4.78 is 0. The van der Waals surface area contributed by atoms with Crippen LogP contribution in [0.25, 0.3) is 11.4 Å². The number of fused-ring (bicyclic) bond motifs is 1. The van der Waals surface area contributed by atoms with Crippen molar-refractivity contribution in [2.75, 3.05) is 5.73 Å². The lowest BCUT2D eigenvalue weighted by atomic mass is 10.1. The van der Waals surface area contributed by atoms with Crippen LogP contribution in [0.4, 0.5) is 5.95 Å². The van der Waals surface area contributed by atoms with Crippen LogP contribution in [-0.4, -0.2) is 15.2 Å². The van der Waals surface area contributed by atoms with Crippen molar-refractivity contribution in [1.29, 1.82) is 0 Å². The average Bonchev–Trinajstić information content (AvgIpc) is 2.84. The van der Waals surface area contributed by atoms with Gasteiger partial charge in [-0.25, -0.2) is 0 Å². The third kappa shape index (κ3) is 1.37. The van der Waals surface area contributed by atoms with Gasteiger partial charge < -0.3 is 11.1 Å². The molecule has 2 heterocycles. The molecular weight excluding hydrogens is 190 g/mol. The van der Waals surface area contributed by atoms with Gasteiger partial charge in [0.1, 0.15) is 0 Å². The molecule has 0 radical (unpaired) electrons. The average molecular weight is 201 g/mol. The molecule has 1 aromatic heterocycles. The summed E-state index contributed by atoms with van der Waals surface area (Å²) in [4.78, 5) is 4.10. The topological polar surface area (TPSA) is 79.6 Å². The van der Waals surface area contributed by atoms with Gasteiger partial charge in [0.2, 0.25) is 5.95 Å². The maximum absolute atomic E-state index is 5.46. The summed E-state index contributed by atoms with van der Waals surface area (Å²) in [6.45, 7) is 1.88. The zero-order chi connectivity index (χ0) is 10.3. The zero-order valence-electron chi connectivity index (χ0n) is 8.12. The second kappa shape index (κ2) is 3.06. The maximum atomic E-state index is 5.46. The Morgan fingerprint density at radius 3 is 2.87 bits per heavy atom. The molecule has 2 aromatic rings. The summed E-state index contributed by atoms with van der Waals surface area (Å²) in [6, 6.07) is 6.27. The summed E-state index contributed by atoms with van der Waals surface area (Å²) in [6.07, 6.45) is 0. The summed E-state index contributed by atoms with van der Waals surface area (Å²) in [5.41, 5.74) is 9.17. The van der Waals surface area contributed by atoms with Gasteiger partial charge >= 0.3 is 0 Å². The largest absolute Gasteiger partial charge is 0.366 e. The molecule has 76 valence electrons. The van der Waals surface area contributed by atoms with Gasteiger partial charge in [-0.3, -0.25) is 5.10 Å². The minimum absolute atomic E-state index is 0.281. The first kappa shape index (κ1) is 8.43. The predicted octanol–water partition coefficient (Wildman–Crippen LogP) is 0.657. The Morgan fingerprint density at radius 2 is 2.07 bits per heavy atom. The smallest absolute Gasteiger partial charge is 0.239 e. The first-order valence-electron chi connectivity index (χ1n) is 4.84. The highest BCUT2D eigenvalue weighted by molar-refractivity contribution is 5.58. The summed E-state index contributed by atoms with van der Waals surface area (Å²) in [5, 5.41) is 9.92. The van der Waals surface area contributed by atoms with Gasteiger partial charge in [0.25, 0.3) is 0 Å². The Balaban J connectivity index is 2.06. The molecule has 5 nitrogen and oxygen atoms in total. The Labute approximate surface area is 86.7 Å². The fourth-order valence-corrected chi connectivity index (χ4v) is 1.85. The fourth-order valence-electron chi connectivity index (χ4n) is 1.85. The van der Waals surface area contributed by atoms with E-state index in [0.717, 1.165) is 24.5 Å². The van der Waals surface area contributed by atoms with Crippen LogP contribution in [0.5, 0.6) is 0 Å². The molecule has 0 aliphatic carbocycles. The molecule has 4 N–H and O–H groups in total. The van der Waals surface area contributed by atoms with Gasteiger partial charge in [-0.05, 0) is 17.2 Å². The van der Waals surface area contributed by atoms with Crippen LogP contribution in [0.15, 0.2) is 18.2 Å². The van der Waals surface area contributed by atoms with E-state index in [1.165, 1.54) is 11.1 Å². The number of nitrogens with one attached hydrogen (secondary N) is 2. The van der Waals surface area contributed by atoms with Crippen LogP contribution in [0, 0.1) is 0 Å². The highest BCUT2D eigenvalue weighted by Crippen LogP contribution is 2.22. The molecule has 1 aliphatic heterocycles. The Morgan fingerprint density at radius 1 is 1.20 bits per heavy atom. The second-order valence-electron chi connectivity index (χ2n) is 3.63. The lowest BCUT2D eigenvalue weighted by Gasteiger charge is -2.00. The monoisotopic (exact) mass is 201 g/mol. The van der Waals surface area contributed by atoms with E-state index in [4.69, 9.17) is 5.73 Å². The van der Waals surface area contributed by atoms with Crippen LogP contribution < -0.4 is 11.1 Å². The van der Waals surface area contributed by atoms with Crippen molar-refractivity contribution in [3.63, 3.8) is 0 Å². The first-order valence-corrected chi connectivity index (χ1v) is 4.84. The number of nitrogens with zero attached hydrogens (tertiary/aromatic N) is 2. The molecule has 0 fully saturated rings. The Hall–Kier alpha value is -1.88. The molecule has 0 saturated carbocycles. The van der Waals surface area contributed by atoms with Crippen LogP contribution in [-0.2, 0) is 13.1 Å². The van der Waals surface area contributed by atoms with E-state index >= 15 is 0 Å². The molecule has 1 aromatic carbocycles. The molecule has 15 heavy (non-hydrogen) atoms. The van der Waals surface area contributed by atoms with Crippen LogP contribution in [0.1, 0.15) is 11.1 Å². The Kier molecular flexibility index (Phi) is 1.72. The molecule has 3 rings (SSSR count). The van der Waals surface area contributed by atoms with Crippen molar-refractivity contribution in [2.24, 2.45) is 0 Å². The molecule has 0 bridgehead atoms. The molecule has 1 aliphatic rings. The number of benzene rings is 1. The van der Waals surface area contributed by atoms with Crippen LogP contribution >= 0.6 is 0 Å². The number of H-pyrrole nitrogens is 1. The van der Waals surface area contributed by atoms with E-state index in [1.54, 1.807) is 0 Å². The normalized spacial score (nSPS) is 14.1. The SMILES string of the molecule is Nc1n[nH]c(-c2ccc3c(c2)CNC3)n1.